The molecule has 1 saturated carbocycles. The molecule has 20 heavy (non-hydrogen) atoms. The Morgan fingerprint density at radius 2 is 2.00 bits per heavy atom. The number of aromatic nitrogens is 1. The Kier molecular flexibility index (Phi) is 5.84. The molecule has 1 heterocycles. The van der Waals surface area contributed by atoms with E-state index in [1.807, 2.05) is 13.0 Å². The van der Waals surface area contributed by atoms with Crippen molar-refractivity contribution in [2.24, 2.45) is 0 Å². The maximum Gasteiger partial charge on any atom is 0.269 e. The van der Waals surface area contributed by atoms with E-state index in [9.17, 15) is 4.79 Å². The summed E-state index contributed by atoms with van der Waals surface area (Å²) in [6.07, 6.45) is 10.5. The quantitative estimate of drug-likeness (QED) is 0.810. The number of rotatable bonds is 5. The zero-order valence-electron chi connectivity index (χ0n) is 12.3. The van der Waals surface area contributed by atoms with E-state index in [0.29, 0.717) is 18.3 Å². The third-order valence-corrected chi connectivity index (χ3v) is 3.76. The molecule has 1 aromatic rings. The molecular formula is C16H25N3O. The van der Waals surface area contributed by atoms with Gasteiger partial charge in [-0.3, -0.25) is 4.79 Å². The molecule has 2 rings (SSSR count). The summed E-state index contributed by atoms with van der Waals surface area (Å²) in [6, 6.07) is 4.31. The Balaban J connectivity index is 1.88. The SMILES string of the molecule is CCCNC(=O)c1ccc(NC2CCCCCC2)cn1. The first-order valence-corrected chi connectivity index (χ1v) is 7.80. The second kappa shape index (κ2) is 7.88. The van der Waals surface area contributed by atoms with Crippen LogP contribution >= 0.6 is 0 Å². The van der Waals surface area contributed by atoms with Crippen LogP contribution in [0.5, 0.6) is 0 Å². The summed E-state index contributed by atoms with van der Waals surface area (Å²) in [7, 11) is 0. The molecular weight excluding hydrogens is 250 g/mol. The van der Waals surface area contributed by atoms with Crippen molar-refractivity contribution in [1.82, 2.24) is 10.3 Å². The summed E-state index contributed by atoms with van der Waals surface area (Å²) in [6.45, 7) is 2.73. The van der Waals surface area contributed by atoms with E-state index < -0.39 is 0 Å². The number of carbonyl (C=O) groups excluding carboxylic acids is 1. The van der Waals surface area contributed by atoms with Gasteiger partial charge in [-0.2, -0.15) is 0 Å². The molecule has 1 aromatic heterocycles. The Bertz CT molecular complexity index is 408. The molecule has 2 N–H and O–H groups in total. The molecule has 4 nitrogen and oxygen atoms in total. The summed E-state index contributed by atoms with van der Waals surface area (Å²) < 4.78 is 0. The van der Waals surface area contributed by atoms with Gasteiger partial charge in [0.15, 0.2) is 0 Å². The van der Waals surface area contributed by atoms with Crippen LogP contribution in [0.15, 0.2) is 18.3 Å². The van der Waals surface area contributed by atoms with E-state index in [1.165, 1.54) is 38.5 Å². The van der Waals surface area contributed by atoms with Gasteiger partial charge in [-0.15, -0.1) is 0 Å². The predicted molar refractivity (Wildman–Crippen MR) is 82.0 cm³/mol. The van der Waals surface area contributed by atoms with Crippen LogP contribution in [0.2, 0.25) is 0 Å². The van der Waals surface area contributed by atoms with Crippen molar-refractivity contribution in [3.8, 4) is 0 Å². The van der Waals surface area contributed by atoms with E-state index in [2.05, 4.69) is 15.6 Å². The zero-order chi connectivity index (χ0) is 14.2. The van der Waals surface area contributed by atoms with Crippen molar-refractivity contribution in [2.45, 2.75) is 57.9 Å². The Hall–Kier alpha value is -1.58. The van der Waals surface area contributed by atoms with Gasteiger partial charge in [0, 0.05) is 12.6 Å². The maximum absolute atomic E-state index is 11.8. The molecule has 0 spiro atoms. The van der Waals surface area contributed by atoms with Gasteiger partial charge in [0.05, 0.1) is 11.9 Å². The number of nitrogens with one attached hydrogen (secondary N) is 2. The average molecular weight is 275 g/mol. The first-order valence-electron chi connectivity index (χ1n) is 7.80. The molecule has 0 unspecified atom stereocenters. The fourth-order valence-corrected chi connectivity index (χ4v) is 2.60. The lowest BCUT2D eigenvalue weighted by Gasteiger charge is -2.17. The van der Waals surface area contributed by atoms with Crippen molar-refractivity contribution in [2.75, 3.05) is 11.9 Å². The lowest BCUT2D eigenvalue weighted by atomic mass is 10.1. The van der Waals surface area contributed by atoms with Gasteiger partial charge in [-0.1, -0.05) is 32.6 Å². The van der Waals surface area contributed by atoms with E-state index in [4.69, 9.17) is 0 Å². The average Bonchev–Trinajstić information content (AvgIpc) is 2.74. The number of hydrogen-bond acceptors (Lipinski definition) is 3. The summed E-state index contributed by atoms with van der Waals surface area (Å²) in [5, 5.41) is 6.37. The number of hydrogen-bond donors (Lipinski definition) is 2. The highest BCUT2D eigenvalue weighted by Gasteiger charge is 2.12. The highest BCUT2D eigenvalue weighted by molar-refractivity contribution is 5.92. The normalized spacial score (nSPS) is 16.4. The monoisotopic (exact) mass is 275 g/mol. The molecule has 0 radical (unpaired) electrons. The van der Waals surface area contributed by atoms with Gasteiger partial charge in [0.1, 0.15) is 5.69 Å². The summed E-state index contributed by atoms with van der Waals surface area (Å²) in [5.74, 6) is -0.0899. The number of anilines is 1. The number of amides is 1. The van der Waals surface area contributed by atoms with Crippen LogP contribution in [0.4, 0.5) is 5.69 Å². The van der Waals surface area contributed by atoms with Crippen molar-refractivity contribution in [1.29, 1.82) is 0 Å². The molecule has 4 heteroatoms. The largest absolute Gasteiger partial charge is 0.381 e. The Morgan fingerprint density at radius 1 is 1.25 bits per heavy atom. The van der Waals surface area contributed by atoms with Crippen molar-refractivity contribution < 1.29 is 4.79 Å². The molecule has 0 bridgehead atoms. The highest BCUT2D eigenvalue weighted by atomic mass is 16.1. The number of carbonyl (C=O) groups is 1. The first-order chi connectivity index (χ1) is 9.79. The van der Waals surface area contributed by atoms with E-state index >= 15 is 0 Å². The molecule has 0 aliphatic heterocycles. The lowest BCUT2D eigenvalue weighted by molar-refractivity contribution is 0.0949. The van der Waals surface area contributed by atoms with Gasteiger partial charge in [0.2, 0.25) is 0 Å². The summed E-state index contributed by atoms with van der Waals surface area (Å²) in [5.41, 5.74) is 1.51. The smallest absolute Gasteiger partial charge is 0.269 e. The standard InChI is InChI=1S/C16H25N3O/c1-2-11-17-16(20)15-10-9-14(12-18-15)19-13-7-5-3-4-6-8-13/h9-10,12-13,19H,2-8,11H2,1H3,(H,17,20). The van der Waals surface area contributed by atoms with Gasteiger partial charge >= 0.3 is 0 Å². The summed E-state index contributed by atoms with van der Waals surface area (Å²) in [4.78, 5) is 16.0. The van der Waals surface area contributed by atoms with E-state index in [1.54, 1.807) is 12.3 Å². The van der Waals surface area contributed by atoms with Crippen molar-refractivity contribution in [3.05, 3.63) is 24.0 Å². The van der Waals surface area contributed by atoms with Crippen molar-refractivity contribution >= 4 is 11.6 Å². The van der Waals surface area contributed by atoms with Crippen LogP contribution in [0.25, 0.3) is 0 Å². The predicted octanol–water partition coefficient (Wildman–Crippen LogP) is 3.36. The zero-order valence-corrected chi connectivity index (χ0v) is 12.3. The molecule has 110 valence electrons. The second-order valence-electron chi connectivity index (χ2n) is 5.52. The maximum atomic E-state index is 11.8. The van der Waals surface area contributed by atoms with Gasteiger partial charge in [-0.25, -0.2) is 4.98 Å². The number of nitrogens with zero attached hydrogens (tertiary/aromatic N) is 1. The second-order valence-corrected chi connectivity index (χ2v) is 5.52. The molecule has 1 aliphatic carbocycles. The highest BCUT2D eigenvalue weighted by Crippen LogP contribution is 2.20. The molecule has 1 amide bonds. The molecule has 0 atom stereocenters. The minimum absolute atomic E-state index is 0.0899. The molecule has 1 aliphatic rings. The van der Waals surface area contributed by atoms with Crippen LogP contribution in [0.1, 0.15) is 62.4 Å². The summed E-state index contributed by atoms with van der Waals surface area (Å²) >= 11 is 0. The van der Waals surface area contributed by atoms with Gasteiger partial charge in [-0.05, 0) is 31.4 Å². The van der Waals surface area contributed by atoms with Crippen LogP contribution in [0, 0.1) is 0 Å². The van der Waals surface area contributed by atoms with E-state index in [-0.39, 0.29) is 5.91 Å². The lowest BCUT2D eigenvalue weighted by Crippen LogP contribution is -2.25. The molecule has 0 aromatic carbocycles. The Morgan fingerprint density at radius 3 is 2.60 bits per heavy atom. The minimum atomic E-state index is -0.0899. The number of pyridine rings is 1. The van der Waals surface area contributed by atoms with Crippen molar-refractivity contribution in [3.63, 3.8) is 0 Å². The van der Waals surface area contributed by atoms with Gasteiger partial charge in [0.25, 0.3) is 5.91 Å². The van der Waals surface area contributed by atoms with Crippen LogP contribution < -0.4 is 10.6 Å². The fourth-order valence-electron chi connectivity index (χ4n) is 2.60. The Labute approximate surface area is 121 Å². The third-order valence-electron chi connectivity index (χ3n) is 3.76. The molecule has 1 fully saturated rings. The third kappa shape index (κ3) is 4.51. The van der Waals surface area contributed by atoms with Crippen LogP contribution in [0.3, 0.4) is 0 Å². The first kappa shape index (κ1) is 14.8. The van der Waals surface area contributed by atoms with E-state index in [0.717, 1.165) is 12.1 Å². The van der Waals surface area contributed by atoms with Gasteiger partial charge < -0.3 is 10.6 Å². The topological polar surface area (TPSA) is 54.0 Å². The van der Waals surface area contributed by atoms with Crippen LogP contribution in [-0.2, 0) is 0 Å². The van der Waals surface area contributed by atoms with Crippen LogP contribution in [-0.4, -0.2) is 23.5 Å². The molecule has 0 saturated heterocycles. The minimum Gasteiger partial charge on any atom is -0.381 e. The fraction of sp³-hybridized carbons (Fsp3) is 0.625.